The van der Waals surface area contributed by atoms with Gasteiger partial charge in [-0.1, -0.05) is 33.6 Å². The number of carboxylic acid groups (broad SMARTS) is 1. The van der Waals surface area contributed by atoms with Gasteiger partial charge in [-0.2, -0.15) is 0 Å². The highest BCUT2D eigenvalue weighted by Gasteiger charge is 2.27. The van der Waals surface area contributed by atoms with Crippen LogP contribution in [0.1, 0.15) is 5.56 Å². The van der Waals surface area contributed by atoms with Crippen LogP contribution in [-0.2, 0) is 11.3 Å². The topological polar surface area (TPSA) is 67.6 Å². The number of imidazole rings is 1. The maximum atomic E-state index is 14.8. The Hall–Kier alpha value is -2.16. The van der Waals surface area contributed by atoms with Gasteiger partial charge < -0.3 is 19.3 Å². The minimum Gasteiger partial charge on any atom is -0.465 e. The van der Waals surface area contributed by atoms with Crippen LogP contribution < -0.4 is 0 Å². The fourth-order valence-electron chi connectivity index (χ4n) is 3.58. The van der Waals surface area contributed by atoms with Crippen LogP contribution in [0.5, 0.6) is 0 Å². The molecule has 1 aliphatic rings. The molecular formula is C20H18BrClFN3O3. The van der Waals surface area contributed by atoms with Gasteiger partial charge in [-0.15, -0.1) is 0 Å². The Balaban J connectivity index is 1.82. The molecule has 1 amide bonds. The third-order valence-electron chi connectivity index (χ3n) is 4.93. The summed E-state index contributed by atoms with van der Waals surface area (Å²) in [4.78, 5) is 17.3. The molecule has 29 heavy (non-hydrogen) atoms. The first-order chi connectivity index (χ1) is 13.8. The number of amides is 1. The first-order valence-corrected chi connectivity index (χ1v) is 10.2. The summed E-state index contributed by atoms with van der Waals surface area (Å²) < 4.78 is 23.0. The van der Waals surface area contributed by atoms with Crippen molar-refractivity contribution in [2.75, 3.05) is 19.7 Å². The van der Waals surface area contributed by atoms with Gasteiger partial charge in [0.15, 0.2) is 0 Å². The molecule has 6 nitrogen and oxygen atoms in total. The van der Waals surface area contributed by atoms with Crippen LogP contribution in [0.25, 0.3) is 22.4 Å². The third kappa shape index (κ3) is 3.97. The Labute approximate surface area is 180 Å². The smallest absolute Gasteiger partial charge is 0.407 e. The number of hydrogen-bond acceptors (Lipinski definition) is 3. The summed E-state index contributed by atoms with van der Waals surface area (Å²) in [7, 11) is 0. The summed E-state index contributed by atoms with van der Waals surface area (Å²) in [6.07, 6.45) is -1.36. The number of aromatic nitrogens is 2. The third-order valence-corrected chi connectivity index (χ3v) is 5.69. The molecule has 1 fully saturated rings. The summed E-state index contributed by atoms with van der Waals surface area (Å²) in [6, 6.07) is 8.77. The van der Waals surface area contributed by atoms with Crippen molar-refractivity contribution in [2.24, 2.45) is 0 Å². The monoisotopic (exact) mass is 481 g/mol. The second kappa shape index (κ2) is 7.93. The lowest BCUT2D eigenvalue weighted by Gasteiger charge is -2.31. The molecule has 1 aromatic heterocycles. The van der Waals surface area contributed by atoms with Crippen LogP contribution in [0, 0.1) is 12.7 Å². The molecule has 9 heteroatoms. The number of rotatable bonds is 3. The van der Waals surface area contributed by atoms with Gasteiger partial charge in [0, 0.05) is 11.0 Å². The van der Waals surface area contributed by atoms with Crippen molar-refractivity contribution in [3.63, 3.8) is 0 Å². The highest BCUT2D eigenvalue weighted by molar-refractivity contribution is 9.10. The molecule has 1 aliphatic heterocycles. The standard InChI is InChI=1S/C20H18BrClFN3O3/c1-11-2-3-17-16(6-11)24-19(18-14(22)7-12(21)8-15(18)23)26(17)10-13-9-25(20(27)28)4-5-29-13/h2-3,6-8,13H,4-5,9-10H2,1H3,(H,27,28)/t13-/m1/s1. The van der Waals surface area contributed by atoms with Crippen molar-refractivity contribution in [2.45, 2.75) is 19.6 Å². The van der Waals surface area contributed by atoms with E-state index < -0.39 is 11.9 Å². The van der Waals surface area contributed by atoms with E-state index in [1.807, 2.05) is 29.7 Å². The van der Waals surface area contributed by atoms with Gasteiger partial charge in [-0.3, -0.25) is 0 Å². The van der Waals surface area contributed by atoms with Gasteiger partial charge in [0.2, 0.25) is 0 Å². The van der Waals surface area contributed by atoms with Crippen LogP contribution in [0.4, 0.5) is 9.18 Å². The van der Waals surface area contributed by atoms with Gasteiger partial charge in [-0.05, 0) is 36.8 Å². The van der Waals surface area contributed by atoms with Crippen LogP contribution in [-0.4, -0.2) is 51.5 Å². The van der Waals surface area contributed by atoms with Crippen LogP contribution in [0.15, 0.2) is 34.8 Å². The van der Waals surface area contributed by atoms with Crippen molar-refractivity contribution in [1.82, 2.24) is 14.5 Å². The molecule has 152 valence electrons. The minimum atomic E-state index is -0.980. The molecule has 1 N–H and O–H groups in total. The number of hydrogen-bond donors (Lipinski definition) is 1. The second-order valence-corrected chi connectivity index (χ2v) is 8.33. The van der Waals surface area contributed by atoms with E-state index in [9.17, 15) is 14.3 Å². The molecular weight excluding hydrogens is 465 g/mol. The Morgan fingerprint density at radius 3 is 2.93 bits per heavy atom. The predicted octanol–water partition coefficient (Wildman–Crippen LogP) is 4.95. The molecule has 2 heterocycles. The van der Waals surface area contributed by atoms with E-state index in [0.717, 1.165) is 11.1 Å². The number of halogens is 3. The van der Waals surface area contributed by atoms with E-state index in [4.69, 9.17) is 16.3 Å². The molecule has 1 saturated heterocycles. The quantitative estimate of drug-likeness (QED) is 0.574. The van der Waals surface area contributed by atoms with Crippen molar-refractivity contribution in [1.29, 1.82) is 0 Å². The normalized spacial score (nSPS) is 17.1. The average molecular weight is 483 g/mol. The summed E-state index contributed by atoms with van der Waals surface area (Å²) in [5.74, 6) is -0.106. The van der Waals surface area contributed by atoms with Crippen molar-refractivity contribution < 1.29 is 19.0 Å². The fraction of sp³-hybridized carbons (Fsp3) is 0.300. The first kappa shape index (κ1) is 20.1. The first-order valence-electron chi connectivity index (χ1n) is 9.05. The second-order valence-electron chi connectivity index (χ2n) is 7.00. The Morgan fingerprint density at radius 1 is 1.41 bits per heavy atom. The largest absolute Gasteiger partial charge is 0.465 e. The van der Waals surface area contributed by atoms with Crippen molar-refractivity contribution in [3.05, 3.63) is 51.2 Å². The number of benzene rings is 2. The zero-order chi connectivity index (χ0) is 20.7. The Kier molecular flexibility index (Phi) is 5.50. The number of ether oxygens (including phenoxy) is 1. The lowest BCUT2D eigenvalue weighted by atomic mass is 10.2. The molecule has 1 atom stereocenters. The maximum Gasteiger partial charge on any atom is 0.407 e. The highest BCUT2D eigenvalue weighted by atomic mass is 79.9. The van der Waals surface area contributed by atoms with Crippen molar-refractivity contribution >= 4 is 44.7 Å². The van der Waals surface area contributed by atoms with E-state index in [1.165, 1.54) is 11.0 Å². The number of nitrogens with zero attached hydrogens (tertiary/aromatic N) is 3. The molecule has 2 aromatic carbocycles. The van der Waals surface area contributed by atoms with E-state index in [2.05, 4.69) is 20.9 Å². The molecule has 0 unspecified atom stereocenters. The lowest BCUT2D eigenvalue weighted by Crippen LogP contribution is -2.46. The molecule has 4 rings (SSSR count). The van der Waals surface area contributed by atoms with E-state index >= 15 is 0 Å². The molecule has 0 spiro atoms. The summed E-state index contributed by atoms with van der Waals surface area (Å²) in [5.41, 5.74) is 2.75. The summed E-state index contributed by atoms with van der Waals surface area (Å²) >= 11 is 9.62. The number of carbonyl (C=O) groups is 1. The summed E-state index contributed by atoms with van der Waals surface area (Å²) in [5, 5.41) is 9.53. The van der Waals surface area contributed by atoms with Gasteiger partial charge in [0.1, 0.15) is 11.6 Å². The van der Waals surface area contributed by atoms with Crippen molar-refractivity contribution in [3.8, 4) is 11.4 Å². The van der Waals surface area contributed by atoms with Gasteiger partial charge in [-0.25, -0.2) is 14.2 Å². The Bertz CT molecular complexity index is 1080. The molecule has 0 bridgehead atoms. The average Bonchev–Trinajstić information content (AvgIpc) is 2.98. The van der Waals surface area contributed by atoms with Gasteiger partial charge >= 0.3 is 6.09 Å². The predicted molar refractivity (Wildman–Crippen MR) is 112 cm³/mol. The lowest BCUT2D eigenvalue weighted by molar-refractivity contribution is -0.0286. The van der Waals surface area contributed by atoms with Gasteiger partial charge in [0.05, 0.1) is 47.4 Å². The van der Waals surface area contributed by atoms with E-state index in [0.29, 0.717) is 35.5 Å². The number of fused-ring (bicyclic) bond motifs is 1. The van der Waals surface area contributed by atoms with Gasteiger partial charge in [0.25, 0.3) is 0 Å². The molecule has 0 saturated carbocycles. The fourth-order valence-corrected chi connectivity index (χ4v) is 4.43. The number of morpholine rings is 1. The van der Waals surface area contributed by atoms with Crippen LogP contribution in [0.3, 0.4) is 0 Å². The minimum absolute atomic E-state index is 0.203. The number of aryl methyl sites for hydroxylation is 1. The zero-order valence-electron chi connectivity index (χ0n) is 15.5. The summed E-state index contributed by atoms with van der Waals surface area (Å²) in [6.45, 7) is 3.16. The molecule has 3 aromatic rings. The Morgan fingerprint density at radius 2 is 2.21 bits per heavy atom. The van der Waals surface area contributed by atoms with Crippen LogP contribution >= 0.6 is 27.5 Å². The SMILES string of the molecule is Cc1ccc2c(c1)nc(-c1c(F)cc(Br)cc1Cl)n2C[C@H]1CN(C(=O)O)CCO1. The van der Waals surface area contributed by atoms with E-state index in [-0.39, 0.29) is 23.2 Å². The molecule has 0 radical (unpaired) electrons. The maximum absolute atomic E-state index is 14.8. The van der Waals surface area contributed by atoms with Crippen LogP contribution in [0.2, 0.25) is 5.02 Å². The molecule has 0 aliphatic carbocycles. The van der Waals surface area contributed by atoms with E-state index in [1.54, 1.807) is 6.07 Å². The highest BCUT2D eigenvalue weighted by Crippen LogP contribution is 2.35. The zero-order valence-corrected chi connectivity index (χ0v) is 17.9.